The van der Waals surface area contributed by atoms with Crippen LogP contribution < -0.4 is 5.73 Å². The van der Waals surface area contributed by atoms with Crippen molar-refractivity contribution in [2.75, 3.05) is 5.75 Å². The summed E-state index contributed by atoms with van der Waals surface area (Å²) in [6, 6.07) is 4.16. The van der Waals surface area contributed by atoms with E-state index in [0.717, 1.165) is 4.88 Å². The van der Waals surface area contributed by atoms with Gasteiger partial charge in [-0.2, -0.15) is 0 Å². The number of carbonyl (C=O) groups is 2. The smallest absolute Gasteiger partial charge is 0.233 e. The van der Waals surface area contributed by atoms with Crippen LogP contribution in [-0.4, -0.2) is 49.3 Å². The summed E-state index contributed by atoms with van der Waals surface area (Å²) in [7, 11) is 0. The first-order valence-electron chi connectivity index (χ1n) is 8.50. The summed E-state index contributed by atoms with van der Waals surface area (Å²) >= 11 is 2.89. The summed E-state index contributed by atoms with van der Waals surface area (Å²) in [6.07, 6.45) is 0.196. The standard InChI is InChI=1S/C17H25N5O2S2/c1-11(2)22(12(3)4)15(24)10-26-17-20-19-16(13-6-5-9-25-13)21(17)8-7-14(18)23/h5-6,9,11-12H,7-8,10H2,1-4H3,(H2,18,23). The normalized spacial score (nSPS) is 11.3. The van der Waals surface area contributed by atoms with Crippen LogP contribution in [0.15, 0.2) is 22.7 Å². The second-order valence-electron chi connectivity index (χ2n) is 6.43. The van der Waals surface area contributed by atoms with Gasteiger partial charge in [0.2, 0.25) is 11.8 Å². The number of carbonyl (C=O) groups excluding carboxylic acids is 2. The van der Waals surface area contributed by atoms with Gasteiger partial charge < -0.3 is 15.2 Å². The van der Waals surface area contributed by atoms with Crippen LogP contribution in [0.3, 0.4) is 0 Å². The number of hydrogen-bond donors (Lipinski definition) is 1. The second kappa shape index (κ2) is 9.18. The molecule has 0 radical (unpaired) electrons. The fraction of sp³-hybridized carbons (Fsp3) is 0.529. The monoisotopic (exact) mass is 395 g/mol. The second-order valence-corrected chi connectivity index (χ2v) is 8.32. The molecule has 0 aliphatic heterocycles. The molecule has 0 saturated carbocycles. The van der Waals surface area contributed by atoms with Crippen molar-refractivity contribution in [2.45, 2.75) is 57.9 Å². The number of hydrogen-bond acceptors (Lipinski definition) is 6. The van der Waals surface area contributed by atoms with Gasteiger partial charge in [-0.25, -0.2) is 0 Å². The molecule has 0 spiro atoms. The molecule has 0 unspecified atom stereocenters. The van der Waals surface area contributed by atoms with Crippen molar-refractivity contribution >= 4 is 34.9 Å². The van der Waals surface area contributed by atoms with Crippen molar-refractivity contribution in [2.24, 2.45) is 5.73 Å². The van der Waals surface area contributed by atoms with E-state index in [9.17, 15) is 9.59 Å². The summed E-state index contributed by atoms with van der Waals surface area (Å²) in [5.41, 5.74) is 5.30. The molecule has 0 aliphatic carbocycles. The number of aromatic nitrogens is 3. The van der Waals surface area contributed by atoms with Crippen molar-refractivity contribution in [3.05, 3.63) is 17.5 Å². The molecule has 0 aliphatic rings. The van der Waals surface area contributed by atoms with E-state index < -0.39 is 0 Å². The van der Waals surface area contributed by atoms with E-state index in [0.29, 0.717) is 17.5 Å². The Hall–Kier alpha value is -1.87. The number of nitrogens with zero attached hydrogens (tertiary/aromatic N) is 4. The minimum absolute atomic E-state index is 0.0575. The zero-order chi connectivity index (χ0) is 19.3. The Bertz CT molecular complexity index is 732. The molecule has 0 bridgehead atoms. The van der Waals surface area contributed by atoms with E-state index in [4.69, 9.17) is 5.73 Å². The van der Waals surface area contributed by atoms with Gasteiger partial charge in [-0.3, -0.25) is 9.59 Å². The summed E-state index contributed by atoms with van der Waals surface area (Å²) < 4.78 is 1.86. The SMILES string of the molecule is CC(C)N(C(=O)CSc1nnc(-c2cccs2)n1CCC(N)=O)C(C)C. The van der Waals surface area contributed by atoms with Crippen LogP contribution in [0.1, 0.15) is 34.1 Å². The van der Waals surface area contributed by atoms with Crippen LogP contribution in [0, 0.1) is 0 Å². The molecule has 26 heavy (non-hydrogen) atoms. The highest BCUT2D eigenvalue weighted by Crippen LogP contribution is 2.27. The third-order valence-corrected chi connectivity index (χ3v) is 5.58. The highest BCUT2D eigenvalue weighted by molar-refractivity contribution is 7.99. The number of amides is 2. The van der Waals surface area contributed by atoms with Crippen molar-refractivity contribution in [1.29, 1.82) is 0 Å². The molecule has 0 fully saturated rings. The lowest BCUT2D eigenvalue weighted by molar-refractivity contribution is -0.131. The average molecular weight is 396 g/mol. The van der Waals surface area contributed by atoms with Crippen LogP contribution in [0.2, 0.25) is 0 Å². The molecule has 0 aromatic carbocycles. The molecule has 9 heteroatoms. The van der Waals surface area contributed by atoms with E-state index in [1.54, 1.807) is 11.3 Å². The minimum Gasteiger partial charge on any atom is -0.370 e. The van der Waals surface area contributed by atoms with Crippen LogP contribution >= 0.6 is 23.1 Å². The Morgan fingerprint density at radius 2 is 1.96 bits per heavy atom. The molecule has 2 rings (SSSR count). The van der Waals surface area contributed by atoms with E-state index >= 15 is 0 Å². The largest absolute Gasteiger partial charge is 0.370 e. The van der Waals surface area contributed by atoms with E-state index in [-0.39, 0.29) is 36.1 Å². The molecule has 0 saturated heterocycles. The topological polar surface area (TPSA) is 94.1 Å². The first-order valence-corrected chi connectivity index (χ1v) is 10.4. The first-order chi connectivity index (χ1) is 12.3. The van der Waals surface area contributed by atoms with Crippen LogP contribution in [0.25, 0.3) is 10.7 Å². The Balaban J connectivity index is 2.18. The van der Waals surface area contributed by atoms with Gasteiger partial charge in [-0.1, -0.05) is 17.8 Å². The zero-order valence-corrected chi connectivity index (χ0v) is 17.1. The number of rotatable bonds is 9. The maximum Gasteiger partial charge on any atom is 0.233 e. The predicted octanol–water partition coefficient (Wildman–Crippen LogP) is 2.62. The van der Waals surface area contributed by atoms with Gasteiger partial charge in [0.05, 0.1) is 10.6 Å². The molecule has 2 amide bonds. The fourth-order valence-electron chi connectivity index (χ4n) is 2.78. The maximum atomic E-state index is 12.6. The van der Waals surface area contributed by atoms with Gasteiger partial charge in [-0.05, 0) is 39.1 Å². The summed E-state index contributed by atoms with van der Waals surface area (Å²) in [4.78, 5) is 26.6. The lowest BCUT2D eigenvalue weighted by Crippen LogP contribution is -2.43. The zero-order valence-electron chi connectivity index (χ0n) is 15.5. The van der Waals surface area contributed by atoms with Gasteiger partial charge in [0, 0.05) is 25.0 Å². The molecule has 7 nitrogen and oxygen atoms in total. The summed E-state index contributed by atoms with van der Waals surface area (Å²) in [5.74, 6) is 0.645. The Morgan fingerprint density at radius 1 is 1.27 bits per heavy atom. The van der Waals surface area contributed by atoms with Crippen LogP contribution in [0.5, 0.6) is 0 Å². The lowest BCUT2D eigenvalue weighted by Gasteiger charge is -2.30. The number of primary amides is 1. The minimum atomic E-state index is -0.381. The van der Waals surface area contributed by atoms with Gasteiger partial charge >= 0.3 is 0 Å². The van der Waals surface area contributed by atoms with Gasteiger partial charge in [-0.15, -0.1) is 21.5 Å². The highest BCUT2D eigenvalue weighted by atomic mass is 32.2. The van der Waals surface area contributed by atoms with Crippen molar-refractivity contribution in [1.82, 2.24) is 19.7 Å². The van der Waals surface area contributed by atoms with Crippen LogP contribution in [-0.2, 0) is 16.1 Å². The van der Waals surface area contributed by atoms with Gasteiger partial charge in [0.1, 0.15) is 0 Å². The molecule has 0 atom stereocenters. The number of thioether (sulfide) groups is 1. The molecule has 2 aromatic rings. The summed E-state index contributed by atoms with van der Waals surface area (Å²) in [6.45, 7) is 8.42. The summed E-state index contributed by atoms with van der Waals surface area (Å²) in [5, 5.41) is 11.1. The molecule has 2 N–H and O–H groups in total. The maximum absolute atomic E-state index is 12.6. The third-order valence-electron chi connectivity index (χ3n) is 3.77. The van der Waals surface area contributed by atoms with E-state index in [1.807, 2.05) is 54.7 Å². The Kier molecular flexibility index (Phi) is 7.22. The molecular weight excluding hydrogens is 370 g/mol. The Morgan fingerprint density at radius 3 is 2.50 bits per heavy atom. The van der Waals surface area contributed by atoms with Crippen molar-refractivity contribution < 1.29 is 9.59 Å². The van der Waals surface area contributed by atoms with Gasteiger partial charge in [0.25, 0.3) is 0 Å². The van der Waals surface area contributed by atoms with Crippen molar-refractivity contribution in [3.63, 3.8) is 0 Å². The quantitative estimate of drug-likeness (QED) is 0.659. The van der Waals surface area contributed by atoms with Gasteiger partial charge in [0.15, 0.2) is 11.0 Å². The van der Waals surface area contributed by atoms with E-state index in [1.165, 1.54) is 11.8 Å². The third kappa shape index (κ3) is 5.07. The van der Waals surface area contributed by atoms with E-state index in [2.05, 4.69) is 10.2 Å². The molecular formula is C17H25N5O2S2. The average Bonchev–Trinajstić information content (AvgIpc) is 3.19. The first kappa shape index (κ1) is 20.4. The van der Waals surface area contributed by atoms with Crippen LogP contribution in [0.4, 0.5) is 0 Å². The molecule has 142 valence electrons. The lowest BCUT2D eigenvalue weighted by atomic mass is 10.2. The highest BCUT2D eigenvalue weighted by Gasteiger charge is 2.22. The predicted molar refractivity (Wildman–Crippen MR) is 105 cm³/mol. The molecule has 2 heterocycles. The Labute approximate surface area is 162 Å². The number of thiophene rings is 1. The molecule has 2 aromatic heterocycles. The number of nitrogens with two attached hydrogens (primary N) is 1. The fourth-order valence-corrected chi connectivity index (χ4v) is 4.33. The van der Waals surface area contributed by atoms with Crippen molar-refractivity contribution in [3.8, 4) is 10.7 Å².